The topological polar surface area (TPSA) is 35.5 Å². The molecule has 1 aromatic rings. The van der Waals surface area contributed by atoms with E-state index in [1.165, 1.54) is 14.2 Å². The zero-order chi connectivity index (χ0) is 10.6. The molecule has 1 aromatic carbocycles. The van der Waals surface area contributed by atoms with Crippen molar-refractivity contribution in [3.8, 4) is 0 Å². The lowest BCUT2D eigenvalue weighted by Gasteiger charge is -2.15. The summed E-state index contributed by atoms with van der Waals surface area (Å²) in [7, 11) is -0.497. The molecule has 76 valence electrons. The average Bonchev–Trinajstić information content (AvgIpc) is 2.28. The van der Waals surface area contributed by atoms with Gasteiger partial charge in [-0.25, -0.2) is 0 Å². The highest BCUT2D eigenvalue weighted by molar-refractivity contribution is 7.65. The van der Waals surface area contributed by atoms with Crippen LogP contribution in [-0.4, -0.2) is 14.2 Å². The Hall–Kier alpha value is -0.890. The second kappa shape index (κ2) is 4.56. The Morgan fingerprint density at radius 1 is 1.21 bits per heavy atom. The number of rotatable bonds is 4. The normalized spacial score (nSPS) is 11.3. The molecule has 0 unspecified atom stereocenters. The first-order valence-electron chi connectivity index (χ1n) is 4.10. The van der Waals surface area contributed by atoms with Crippen LogP contribution >= 0.6 is 7.60 Å². The van der Waals surface area contributed by atoms with Crippen LogP contribution in [-0.2, 0) is 13.6 Å². The lowest BCUT2D eigenvalue weighted by atomic mass is 10.2. The van der Waals surface area contributed by atoms with Crippen LogP contribution in [0.4, 0.5) is 0 Å². The molecule has 14 heavy (non-hydrogen) atoms. The fourth-order valence-corrected chi connectivity index (χ4v) is 2.14. The monoisotopic (exact) mass is 212 g/mol. The number of hydrogen-bond acceptors (Lipinski definition) is 3. The Bertz CT molecular complexity index is 351. The molecule has 0 aliphatic heterocycles. The van der Waals surface area contributed by atoms with E-state index in [1.807, 2.05) is 30.3 Å². The van der Waals surface area contributed by atoms with Crippen molar-refractivity contribution in [3.63, 3.8) is 0 Å². The van der Waals surface area contributed by atoms with Crippen LogP contribution in [0.1, 0.15) is 5.56 Å². The molecule has 3 nitrogen and oxygen atoms in total. The van der Waals surface area contributed by atoms with Crippen LogP contribution in [0.2, 0.25) is 0 Å². The summed E-state index contributed by atoms with van der Waals surface area (Å²) in [6, 6.07) is 9.19. The van der Waals surface area contributed by atoms with Crippen molar-refractivity contribution >= 4 is 12.9 Å². The Balaban J connectivity index is 3.02. The van der Waals surface area contributed by atoms with Gasteiger partial charge < -0.3 is 9.05 Å². The van der Waals surface area contributed by atoms with Gasteiger partial charge in [-0.3, -0.25) is 4.57 Å². The highest BCUT2D eigenvalue weighted by Crippen LogP contribution is 2.58. The van der Waals surface area contributed by atoms with Gasteiger partial charge in [0.15, 0.2) is 0 Å². The van der Waals surface area contributed by atoms with Gasteiger partial charge >= 0.3 is 7.60 Å². The SMILES string of the molecule is C=C(c1ccccc1)P(=O)(OC)OC. The fraction of sp³-hybridized carbons (Fsp3) is 0.200. The van der Waals surface area contributed by atoms with Crippen molar-refractivity contribution in [1.82, 2.24) is 0 Å². The third-order valence-electron chi connectivity index (χ3n) is 1.92. The van der Waals surface area contributed by atoms with Crippen molar-refractivity contribution in [2.75, 3.05) is 14.2 Å². The van der Waals surface area contributed by atoms with E-state index in [-0.39, 0.29) is 0 Å². The first-order chi connectivity index (χ1) is 6.64. The van der Waals surface area contributed by atoms with Crippen molar-refractivity contribution in [1.29, 1.82) is 0 Å². The first kappa shape index (κ1) is 11.2. The van der Waals surface area contributed by atoms with Gasteiger partial charge in [-0.2, -0.15) is 0 Å². The van der Waals surface area contributed by atoms with E-state index in [0.29, 0.717) is 5.31 Å². The molecule has 0 saturated carbocycles. The van der Waals surface area contributed by atoms with Gasteiger partial charge in [0.2, 0.25) is 0 Å². The molecule has 0 N–H and O–H groups in total. The predicted octanol–water partition coefficient (Wildman–Crippen LogP) is 3.14. The number of benzene rings is 1. The Labute approximate surface area is 83.9 Å². The lowest BCUT2D eigenvalue weighted by molar-refractivity contribution is 0.288. The Morgan fingerprint density at radius 2 is 1.71 bits per heavy atom. The molecule has 0 aliphatic carbocycles. The largest absolute Gasteiger partial charge is 0.360 e. The van der Waals surface area contributed by atoms with E-state index < -0.39 is 7.60 Å². The minimum absolute atomic E-state index is 0.378. The van der Waals surface area contributed by atoms with E-state index in [2.05, 4.69) is 6.58 Å². The summed E-state index contributed by atoms with van der Waals surface area (Å²) in [4.78, 5) is 0. The summed E-state index contributed by atoms with van der Waals surface area (Å²) in [5.74, 6) is 0. The smallest absolute Gasteiger partial charge is 0.309 e. The number of hydrogen-bond donors (Lipinski definition) is 0. The van der Waals surface area contributed by atoms with E-state index in [0.717, 1.165) is 5.56 Å². The summed E-state index contributed by atoms with van der Waals surface area (Å²) in [6.07, 6.45) is 0. The zero-order valence-corrected chi connectivity index (χ0v) is 9.16. The molecule has 0 spiro atoms. The van der Waals surface area contributed by atoms with Gasteiger partial charge in [0.1, 0.15) is 0 Å². The van der Waals surface area contributed by atoms with E-state index >= 15 is 0 Å². The van der Waals surface area contributed by atoms with Crippen LogP contribution in [0.3, 0.4) is 0 Å². The molecule has 0 saturated heterocycles. The standard InChI is InChI=1S/C10H13O3P/c1-9(14(11,12-2)13-3)10-7-5-4-6-8-10/h4-8H,1H2,2-3H3. The van der Waals surface area contributed by atoms with Crippen LogP contribution in [0.25, 0.3) is 5.31 Å². The molecule has 0 aliphatic rings. The van der Waals surface area contributed by atoms with E-state index in [4.69, 9.17) is 9.05 Å². The summed E-state index contributed by atoms with van der Waals surface area (Å²) >= 11 is 0. The minimum atomic E-state index is -3.19. The zero-order valence-electron chi connectivity index (χ0n) is 8.27. The molecule has 1 rings (SSSR count). The maximum atomic E-state index is 11.9. The molecule has 0 radical (unpaired) electrons. The predicted molar refractivity (Wildman–Crippen MR) is 57.1 cm³/mol. The summed E-state index contributed by atoms with van der Waals surface area (Å²) in [5.41, 5.74) is 0.763. The van der Waals surface area contributed by atoms with Crippen molar-refractivity contribution in [2.45, 2.75) is 0 Å². The molecule has 0 atom stereocenters. The van der Waals surface area contributed by atoms with Crippen LogP contribution in [0.15, 0.2) is 36.9 Å². The average molecular weight is 212 g/mol. The van der Waals surface area contributed by atoms with Crippen molar-refractivity contribution < 1.29 is 13.6 Å². The highest BCUT2D eigenvalue weighted by atomic mass is 31.2. The van der Waals surface area contributed by atoms with E-state index in [1.54, 1.807) is 0 Å². The molecule has 4 heteroatoms. The summed E-state index contributed by atoms with van der Waals surface area (Å²) < 4.78 is 21.6. The second-order valence-electron chi connectivity index (χ2n) is 2.68. The van der Waals surface area contributed by atoms with Gasteiger partial charge in [0.25, 0.3) is 0 Å². The van der Waals surface area contributed by atoms with Gasteiger partial charge in [-0.05, 0) is 5.56 Å². The minimum Gasteiger partial charge on any atom is -0.309 e. The van der Waals surface area contributed by atoms with Gasteiger partial charge in [-0.1, -0.05) is 36.9 Å². The lowest BCUT2D eigenvalue weighted by Crippen LogP contribution is -1.91. The fourth-order valence-electron chi connectivity index (χ4n) is 1.08. The molecule has 0 fully saturated rings. The van der Waals surface area contributed by atoms with Crippen molar-refractivity contribution in [2.24, 2.45) is 0 Å². The molecular formula is C10H13O3P. The van der Waals surface area contributed by atoms with Gasteiger partial charge in [0, 0.05) is 14.2 Å². The van der Waals surface area contributed by atoms with Gasteiger partial charge in [-0.15, -0.1) is 0 Å². The molecule has 0 heterocycles. The molecule has 0 amide bonds. The Morgan fingerprint density at radius 3 is 2.14 bits per heavy atom. The van der Waals surface area contributed by atoms with E-state index in [9.17, 15) is 4.57 Å². The first-order valence-corrected chi connectivity index (χ1v) is 5.64. The summed E-state index contributed by atoms with van der Waals surface area (Å²) in [5, 5.41) is 0.378. The quantitative estimate of drug-likeness (QED) is 0.719. The van der Waals surface area contributed by atoms with Crippen LogP contribution < -0.4 is 0 Å². The third kappa shape index (κ3) is 2.13. The maximum Gasteiger partial charge on any atom is 0.360 e. The molecule has 0 aromatic heterocycles. The second-order valence-corrected chi connectivity index (χ2v) is 4.94. The van der Waals surface area contributed by atoms with Crippen molar-refractivity contribution in [3.05, 3.63) is 42.5 Å². The molecular weight excluding hydrogens is 199 g/mol. The van der Waals surface area contributed by atoms with Gasteiger partial charge in [0.05, 0.1) is 5.31 Å². The Kier molecular flexibility index (Phi) is 3.64. The molecule has 0 bridgehead atoms. The third-order valence-corrected chi connectivity index (χ3v) is 3.80. The van der Waals surface area contributed by atoms with Crippen LogP contribution in [0.5, 0.6) is 0 Å². The summed E-state index contributed by atoms with van der Waals surface area (Å²) in [6.45, 7) is 3.73. The maximum absolute atomic E-state index is 11.9. The highest BCUT2D eigenvalue weighted by Gasteiger charge is 2.26. The van der Waals surface area contributed by atoms with Crippen LogP contribution in [0, 0.1) is 0 Å².